The molecule has 1 heterocycles. The van der Waals surface area contributed by atoms with E-state index >= 15 is 0 Å². The molecule has 1 amide bonds. The molecule has 7 heteroatoms. The Kier molecular flexibility index (Phi) is 7.65. The van der Waals surface area contributed by atoms with Gasteiger partial charge in [-0.25, -0.2) is 9.18 Å². The van der Waals surface area contributed by atoms with Crippen LogP contribution in [0.2, 0.25) is 0 Å². The van der Waals surface area contributed by atoms with Gasteiger partial charge in [0.2, 0.25) is 0 Å². The summed E-state index contributed by atoms with van der Waals surface area (Å²) in [6.45, 7) is 0.334. The van der Waals surface area contributed by atoms with Crippen LogP contribution in [0.15, 0.2) is 120 Å². The summed E-state index contributed by atoms with van der Waals surface area (Å²) in [5.41, 5.74) is 2.71. The summed E-state index contributed by atoms with van der Waals surface area (Å²) in [6, 6.07) is 29.3. The number of hydrogen-bond donors (Lipinski definition) is 0. The zero-order valence-corrected chi connectivity index (χ0v) is 21.8. The molecule has 5 rings (SSSR count). The number of nitrogens with zero attached hydrogens (tertiary/aromatic N) is 1. The minimum absolute atomic E-state index is 0.325. The fourth-order valence-corrected chi connectivity index (χ4v) is 4.66. The number of ketones is 1. The Morgan fingerprint density at radius 1 is 0.947 bits per heavy atom. The van der Waals surface area contributed by atoms with Crippen molar-refractivity contribution in [3.8, 4) is 5.75 Å². The standard InChI is InChI=1S/C31H23BrFNO4/c32-23-13-16-26(29(19-23)37-20-21-7-3-1-4-8-21)30-28(18-17-27(35)22-11-14-24(33)15-12-22)38-31(36)34(30)25-9-5-2-6-10-25/h1-19,28,30H,20H2/b18-17+/t28-,30-/m1/s1. The smallest absolute Gasteiger partial charge is 0.415 e. The number of ether oxygens (including phenoxy) is 2. The maximum atomic E-state index is 13.3. The molecular formula is C31H23BrFNO4. The van der Waals surface area contributed by atoms with Gasteiger partial charge >= 0.3 is 6.09 Å². The average Bonchev–Trinajstić information content (AvgIpc) is 3.27. The van der Waals surface area contributed by atoms with E-state index in [0.717, 1.165) is 15.6 Å². The van der Waals surface area contributed by atoms with Crippen LogP contribution >= 0.6 is 15.9 Å². The van der Waals surface area contributed by atoms with Crippen LogP contribution in [0.25, 0.3) is 0 Å². The summed E-state index contributed by atoms with van der Waals surface area (Å²) in [6.07, 6.45) is 1.60. The second kappa shape index (κ2) is 11.4. The van der Waals surface area contributed by atoms with Crippen LogP contribution in [0.1, 0.15) is 27.5 Å². The number of halogens is 2. The van der Waals surface area contributed by atoms with E-state index < -0.39 is 24.1 Å². The molecule has 38 heavy (non-hydrogen) atoms. The van der Waals surface area contributed by atoms with E-state index in [2.05, 4.69) is 15.9 Å². The Hall–Kier alpha value is -4.23. The van der Waals surface area contributed by atoms with Gasteiger partial charge in [-0.3, -0.25) is 9.69 Å². The van der Waals surface area contributed by atoms with E-state index in [1.54, 1.807) is 11.0 Å². The highest BCUT2D eigenvalue weighted by Gasteiger charge is 2.44. The fourth-order valence-electron chi connectivity index (χ4n) is 4.32. The molecule has 0 aromatic heterocycles. The predicted molar refractivity (Wildman–Crippen MR) is 147 cm³/mol. The monoisotopic (exact) mass is 571 g/mol. The number of hydrogen-bond acceptors (Lipinski definition) is 4. The molecule has 190 valence electrons. The number of carbonyl (C=O) groups excluding carboxylic acids is 2. The first-order chi connectivity index (χ1) is 18.5. The highest BCUT2D eigenvalue weighted by atomic mass is 79.9. The molecule has 0 N–H and O–H groups in total. The Morgan fingerprint density at radius 3 is 2.34 bits per heavy atom. The van der Waals surface area contributed by atoms with Crippen molar-refractivity contribution >= 4 is 33.5 Å². The molecule has 1 fully saturated rings. The number of para-hydroxylation sites is 1. The van der Waals surface area contributed by atoms with Gasteiger partial charge in [0.05, 0.1) is 0 Å². The molecule has 0 bridgehead atoms. The van der Waals surface area contributed by atoms with Crippen molar-refractivity contribution in [1.29, 1.82) is 0 Å². The Balaban J connectivity index is 1.51. The molecule has 1 aliphatic rings. The van der Waals surface area contributed by atoms with Gasteiger partial charge in [0.1, 0.15) is 30.3 Å². The Bertz CT molecular complexity index is 1460. The molecule has 0 aliphatic carbocycles. The van der Waals surface area contributed by atoms with Crippen LogP contribution in [0, 0.1) is 5.82 Å². The molecule has 0 unspecified atom stereocenters. The second-order valence-corrected chi connectivity index (χ2v) is 9.60. The minimum Gasteiger partial charge on any atom is -0.488 e. The first-order valence-electron chi connectivity index (χ1n) is 12.0. The second-order valence-electron chi connectivity index (χ2n) is 8.69. The number of cyclic esters (lactones) is 1. The zero-order chi connectivity index (χ0) is 26.5. The van der Waals surface area contributed by atoms with Gasteiger partial charge in [-0.05, 0) is 66.2 Å². The van der Waals surface area contributed by atoms with Crippen LogP contribution < -0.4 is 9.64 Å². The lowest BCUT2D eigenvalue weighted by Crippen LogP contribution is -2.29. The lowest BCUT2D eigenvalue weighted by molar-refractivity contribution is 0.104. The van der Waals surface area contributed by atoms with Crippen LogP contribution in [0.3, 0.4) is 0 Å². The van der Waals surface area contributed by atoms with Gasteiger partial charge < -0.3 is 9.47 Å². The summed E-state index contributed by atoms with van der Waals surface area (Å²) in [7, 11) is 0. The van der Waals surface area contributed by atoms with Crippen molar-refractivity contribution in [3.05, 3.63) is 142 Å². The van der Waals surface area contributed by atoms with Crippen molar-refractivity contribution in [2.24, 2.45) is 0 Å². The molecule has 2 atom stereocenters. The number of rotatable bonds is 8. The van der Waals surface area contributed by atoms with Crippen molar-refractivity contribution in [2.75, 3.05) is 4.90 Å². The lowest BCUT2D eigenvalue weighted by atomic mass is 9.98. The number of allylic oxidation sites excluding steroid dienone is 1. The van der Waals surface area contributed by atoms with Crippen LogP contribution in [-0.4, -0.2) is 18.0 Å². The lowest BCUT2D eigenvalue weighted by Gasteiger charge is -2.26. The van der Waals surface area contributed by atoms with Crippen molar-refractivity contribution in [1.82, 2.24) is 0 Å². The van der Waals surface area contributed by atoms with Crippen LogP contribution in [0.5, 0.6) is 5.75 Å². The zero-order valence-electron chi connectivity index (χ0n) is 20.2. The molecule has 0 radical (unpaired) electrons. The summed E-state index contributed by atoms with van der Waals surface area (Å²) < 4.78 is 26.1. The van der Waals surface area contributed by atoms with Crippen molar-refractivity contribution < 1.29 is 23.5 Å². The third kappa shape index (κ3) is 5.68. The minimum atomic E-state index is -0.785. The number of benzene rings is 4. The van der Waals surface area contributed by atoms with E-state index in [1.807, 2.05) is 78.9 Å². The van der Waals surface area contributed by atoms with Crippen molar-refractivity contribution in [2.45, 2.75) is 18.8 Å². The van der Waals surface area contributed by atoms with E-state index in [-0.39, 0.29) is 5.78 Å². The first-order valence-corrected chi connectivity index (χ1v) is 12.8. The number of carbonyl (C=O) groups is 2. The average molecular weight is 572 g/mol. The SMILES string of the molecule is O=C(/C=C/[C@H]1OC(=O)N(c2ccccc2)[C@@H]1c1ccc(Br)cc1OCc1ccccc1)c1ccc(F)cc1. The predicted octanol–water partition coefficient (Wildman–Crippen LogP) is 7.67. The highest BCUT2D eigenvalue weighted by Crippen LogP contribution is 2.42. The van der Waals surface area contributed by atoms with E-state index in [9.17, 15) is 14.0 Å². The molecule has 5 nitrogen and oxygen atoms in total. The maximum Gasteiger partial charge on any atom is 0.415 e. The third-order valence-electron chi connectivity index (χ3n) is 6.15. The summed E-state index contributed by atoms with van der Waals surface area (Å²) in [4.78, 5) is 27.5. The van der Waals surface area contributed by atoms with Gasteiger partial charge in [0.15, 0.2) is 5.78 Å². The number of anilines is 1. The van der Waals surface area contributed by atoms with Gasteiger partial charge in [0.25, 0.3) is 0 Å². The summed E-state index contributed by atoms with van der Waals surface area (Å²) >= 11 is 3.52. The van der Waals surface area contributed by atoms with Gasteiger partial charge in [-0.2, -0.15) is 0 Å². The van der Waals surface area contributed by atoms with E-state index in [1.165, 1.54) is 30.3 Å². The molecule has 4 aromatic carbocycles. The van der Waals surface area contributed by atoms with E-state index in [4.69, 9.17) is 9.47 Å². The maximum absolute atomic E-state index is 13.3. The third-order valence-corrected chi connectivity index (χ3v) is 6.65. The Labute approximate surface area is 228 Å². The topological polar surface area (TPSA) is 55.8 Å². The Morgan fingerprint density at radius 2 is 1.63 bits per heavy atom. The molecule has 0 spiro atoms. The summed E-state index contributed by atoms with van der Waals surface area (Å²) in [5, 5.41) is 0. The van der Waals surface area contributed by atoms with Gasteiger partial charge in [0, 0.05) is 21.3 Å². The molecule has 4 aromatic rings. The fraction of sp³-hybridized carbons (Fsp3) is 0.0968. The normalized spacial score (nSPS) is 17.0. The largest absolute Gasteiger partial charge is 0.488 e. The van der Waals surface area contributed by atoms with Crippen LogP contribution in [-0.2, 0) is 11.3 Å². The van der Waals surface area contributed by atoms with Gasteiger partial charge in [-0.1, -0.05) is 70.5 Å². The molecule has 0 saturated carbocycles. The van der Waals surface area contributed by atoms with Crippen LogP contribution in [0.4, 0.5) is 14.9 Å². The van der Waals surface area contributed by atoms with E-state index in [0.29, 0.717) is 23.6 Å². The highest BCUT2D eigenvalue weighted by molar-refractivity contribution is 9.10. The first kappa shape index (κ1) is 25.4. The van der Waals surface area contributed by atoms with Gasteiger partial charge in [-0.15, -0.1) is 0 Å². The quantitative estimate of drug-likeness (QED) is 0.161. The molecular weight excluding hydrogens is 549 g/mol. The number of amides is 1. The van der Waals surface area contributed by atoms with Crippen molar-refractivity contribution in [3.63, 3.8) is 0 Å². The summed E-state index contributed by atoms with van der Waals surface area (Å²) in [5.74, 6) is -0.169. The molecule has 1 aliphatic heterocycles. The molecule has 1 saturated heterocycles.